The van der Waals surface area contributed by atoms with Crippen molar-refractivity contribution in [3.8, 4) is 0 Å². The molecule has 0 spiro atoms. The van der Waals surface area contributed by atoms with Gasteiger partial charge in [-0.3, -0.25) is 4.79 Å². The number of carbonyl (C=O) groups excluding carboxylic acids is 1. The summed E-state index contributed by atoms with van der Waals surface area (Å²) in [5, 5.41) is 0. The molecular weight excluding hydrogens is 326 g/mol. The summed E-state index contributed by atoms with van der Waals surface area (Å²) in [5.74, 6) is -0.0898. The van der Waals surface area contributed by atoms with Crippen LogP contribution in [-0.4, -0.2) is 15.5 Å². The molecule has 5 heteroatoms. The molecule has 1 heterocycles. The summed E-state index contributed by atoms with van der Waals surface area (Å²) in [6.45, 7) is 0. The lowest BCUT2D eigenvalue weighted by atomic mass is 10.0. The van der Waals surface area contributed by atoms with Crippen LogP contribution < -0.4 is 0 Å². The van der Waals surface area contributed by atoms with Gasteiger partial charge in [-0.1, -0.05) is 28.1 Å². The van der Waals surface area contributed by atoms with Crippen LogP contribution in [0.15, 0.2) is 56.8 Å². The van der Waals surface area contributed by atoms with Gasteiger partial charge < -0.3 is 0 Å². The molecule has 0 amide bonds. The first kappa shape index (κ1) is 12.4. The number of aliphatic imine (C=N–C) groups is 1. The van der Waals surface area contributed by atoms with Gasteiger partial charge >= 0.3 is 0 Å². The third-order valence-corrected chi connectivity index (χ3v) is 4.36. The standard InChI is InChI=1S/C14H8BrNO2S/c15-11-3-1-2-9(6-11)14(17)10-4-5-12-13(7-10)19(18)8-16-12/h1-8H. The number of hydrogen-bond donors (Lipinski definition) is 0. The second kappa shape index (κ2) is 4.83. The van der Waals surface area contributed by atoms with Crippen LogP contribution in [0.2, 0.25) is 0 Å². The molecule has 1 aliphatic heterocycles. The van der Waals surface area contributed by atoms with Crippen molar-refractivity contribution in [1.29, 1.82) is 0 Å². The van der Waals surface area contributed by atoms with Crippen molar-refractivity contribution in [3.63, 3.8) is 0 Å². The highest BCUT2D eigenvalue weighted by molar-refractivity contribution is 9.10. The van der Waals surface area contributed by atoms with Crippen molar-refractivity contribution in [2.45, 2.75) is 4.90 Å². The average molecular weight is 334 g/mol. The Morgan fingerprint density at radius 3 is 2.68 bits per heavy atom. The molecule has 0 fully saturated rings. The first-order valence-corrected chi connectivity index (χ1v) is 7.55. The van der Waals surface area contributed by atoms with E-state index in [9.17, 15) is 9.00 Å². The summed E-state index contributed by atoms with van der Waals surface area (Å²) in [7, 11) is -1.24. The molecule has 1 unspecified atom stereocenters. The number of carbonyl (C=O) groups is 1. The number of benzene rings is 2. The van der Waals surface area contributed by atoms with E-state index < -0.39 is 10.8 Å². The summed E-state index contributed by atoms with van der Waals surface area (Å²) in [4.78, 5) is 17.0. The number of rotatable bonds is 2. The van der Waals surface area contributed by atoms with E-state index in [-0.39, 0.29) is 5.78 Å². The summed E-state index contributed by atoms with van der Waals surface area (Å²) in [6.07, 6.45) is 0. The zero-order valence-corrected chi connectivity index (χ0v) is 12.1. The molecule has 0 saturated carbocycles. The Hall–Kier alpha value is -1.59. The van der Waals surface area contributed by atoms with Crippen molar-refractivity contribution < 1.29 is 9.00 Å². The van der Waals surface area contributed by atoms with E-state index in [1.54, 1.807) is 30.3 Å². The van der Waals surface area contributed by atoms with E-state index in [1.807, 2.05) is 12.1 Å². The SMILES string of the molecule is O=C(c1cccc(Br)c1)c1ccc2c(c1)S(=O)C=N2. The molecule has 0 aliphatic carbocycles. The molecule has 0 N–H and O–H groups in total. The molecule has 0 aromatic heterocycles. The van der Waals surface area contributed by atoms with Gasteiger partial charge in [-0.05, 0) is 30.3 Å². The minimum absolute atomic E-state index is 0.0898. The van der Waals surface area contributed by atoms with E-state index in [4.69, 9.17) is 0 Å². The minimum Gasteiger partial charge on any atom is -0.289 e. The van der Waals surface area contributed by atoms with Gasteiger partial charge in [0.2, 0.25) is 0 Å². The molecular formula is C14H8BrNO2S. The highest BCUT2D eigenvalue weighted by atomic mass is 79.9. The van der Waals surface area contributed by atoms with Crippen LogP contribution in [0.4, 0.5) is 5.69 Å². The Morgan fingerprint density at radius 2 is 1.89 bits per heavy atom. The van der Waals surface area contributed by atoms with Crippen LogP contribution in [-0.2, 0) is 10.8 Å². The Morgan fingerprint density at radius 1 is 1.11 bits per heavy atom. The predicted molar refractivity (Wildman–Crippen MR) is 78.6 cm³/mol. The number of ketones is 1. The molecule has 2 aromatic carbocycles. The maximum Gasteiger partial charge on any atom is 0.193 e. The quantitative estimate of drug-likeness (QED) is 0.790. The van der Waals surface area contributed by atoms with Crippen LogP contribution in [0, 0.1) is 0 Å². The Kier molecular flexibility index (Phi) is 3.16. The third kappa shape index (κ3) is 2.31. The van der Waals surface area contributed by atoms with Crippen LogP contribution >= 0.6 is 15.9 Å². The number of hydrogen-bond acceptors (Lipinski definition) is 3. The van der Waals surface area contributed by atoms with Gasteiger partial charge in [0.25, 0.3) is 0 Å². The zero-order chi connectivity index (χ0) is 13.4. The Labute approximate surface area is 121 Å². The summed E-state index contributed by atoms with van der Waals surface area (Å²) < 4.78 is 12.5. The lowest BCUT2D eigenvalue weighted by molar-refractivity contribution is 0.103. The van der Waals surface area contributed by atoms with Gasteiger partial charge in [0.05, 0.1) is 26.9 Å². The van der Waals surface area contributed by atoms with Gasteiger partial charge in [-0.15, -0.1) is 0 Å². The highest BCUT2D eigenvalue weighted by Gasteiger charge is 2.17. The number of fused-ring (bicyclic) bond motifs is 1. The predicted octanol–water partition coefficient (Wildman–Crippen LogP) is 3.46. The Bertz CT molecular complexity index is 740. The molecule has 0 bridgehead atoms. The van der Waals surface area contributed by atoms with Gasteiger partial charge in [-0.25, -0.2) is 9.20 Å². The van der Waals surface area contributed by atoms with E-state index in [1.165, 1.54) is 5.55 Å². The van der Waals surface area contributed by atoms with Gasteiger partial charge in [0.1, 0.15) is 0 Å². The molecule has 94 valence electrons. The minimum atomic E-state index is -1.24. The molecule has 0 radical (unpaired) electrons. The monoisotopic (exact) mass is 333 g/mol. The van der Waals surface area contributed by atoms with Crippen molar-refractivity contribution in [3.05, 3.63) is 58.1 Å². The Balaban J connectivity index is 2.02. The van der Waals surface area contributed by atoms with Crippen molar-refractivity contribution in [2.75, 3.05) is 0 Å². The van der Waals surface area contributed by atoms with Gasteiger partial charge in [0.15, 0.2) is 5.78 Å². The molecule has 19 heavy (non-hydrogen) atoms. The fraction of sp³-hybridized carbons (Fsp3) is 0. The highest BCUT2D eigenvalue weighted by Crippen LogP contribution is 2.29. The summed E-state index contributed by atoms with van der Waals surface area (Å²) in [5.41, 5.74) is 3.18. The molecule has 2 aromatic rings. The first-order chi connectivity index (χ1) is 9.15. The zero-order valence-electron chi connectivity index (χ0n) is 9.67. The number of nitrogens with zero attached hydrogens (tertiary/aromatic N) is 1. The summed E-state index contributed by atoms with van der Waals surface area (Å²) >= 11 is 3.34. The van der Waals surface area contributed by atoms with E-state index in [0.717, 1.165) is 4.47 Å². The average Bonchev–Trinajstić information content (AvgIpc) is 2.79. The van der Waals surface area contributed by atoms with Gasteiger partial charge in [0, 0.05) is 15.6 Å². The molecule has 3 rings (SSSR count). The fourth-order valence-corrected chi connectivity index (χ4v) is 3.17. The molecule has 1 atom stereocenters. The molecule has 3 nitrogen and oxygen atoms in total. The molecule has 1 aliphatic rings. The fourth-order valence-electron chi connectivity index (χ4n) is 1.88. The van der Waals surface area contributed by atoms with E-state index >= 15 is 0 Å². The van der Waals surface area contributed by atoms with Crippen molar-refractivity contribution >= 4 is 43.7 Å². The molecule has 0 saturated heterocycles. The van der Waals surface area contributed by atoms with Crippen molar-refractivity contribution in [2.24, 2.45) is 4.99 Å². The van der Waals surface area contributed by atoms with E-state index in [0.29, 0.717) is 21.7 Å². The smallest absolute Gasteiger partial charge is 0.193 e. The van der Waals surface area contributed by atoms with Crippen LogP contribution in [0.3, 0.4) is 0 Å². The maximum atomic E-state index is 12.3. The third-order valence-electron chi connectivity index (χ3n) is 2.81. The second-order valence-corrected chi connectivity index (χ2v) is 6.22. The van der Waals surface area contributed by atoms with E-state index in [2.05, 4.69) is 20.9 Å². The normalized spacial score (nSPS) is 16.4. The largest absolute Gasteiger partial charge is 0.289 e. The first-order valence-electron chi connectivity index (χ1n) is 5.54. The summed E-state index contributed by atoms with van der Waals surface area (Å²) in [6, 6.07) is 12.3. The number of halogens is 1. The van der Waals surface area contributed by atoms with Crippen LogP contribution in [0.1, 0.15) is 15.9 Å². The topological polar surface area (TPSA) is 46.5 Å². The lowest BCUT2D eigenvalue weighted by Gasteiger charge is -2.03. The second-order valence-electron chi connectivity index (χ2n) is 4.05. The lowest BCUT2D eigenvalue weighted by Crippen LogP contribution is -2.02. The van der Waals surface area contributed by atoms with Crippen LogP contribution in [0.25, 0.3) is 0 Å². The van der Waals surface area contributed by atoms with Crippen LogP contribution in [0.5, 0.6) is 0 Å². The van der Waals surface area contributed by atoms with Crippen molar-refractivity contribution in [1.82, 2.24) is 0 Å². The maximum absolute atomic E-state index is 12.3. The van der Waals surface area contributed by atoms with Gasteiger partial charge in [-0.2, -0.15) is 0 Å².